The lowest BCUT2D eigenvalue weighted by molar-refractivity contribution is -0.118. The normalized spacial score (nSPS) is 10.2. The highest BCUT2D eigenvalue weighted by Gasteiger charge is 2.14. The fraction of sp³-hybridized carbons (Fsp3) is 0.136. The monoisotopic (exact) mass is 375 g/mol. The Kier molecular flexibility index (Phi) is 6.01. The molecule has 3 aromatic rings. The minimum absolute atomic E-state index is 0.152. The maximum atomic E-state index is 12.5. The first-order valence-electron chi connectivity index (χ1n) is 8.83. The molecule has 0 saturated carbocycles. The number of pyridine rings is 1. The zero-order chi connectivity index (χ0) is 19.9. The number of aryl methyl sites for hydroxylation is 2. The molecule has 6 nitrogen and oxygen atoms in total. The number of para-hydroxylation sites is 1. The second-order valence-corrected chi connectivity index (χ2v) is 6.32. The maximum Gasteiger partial charge on any atom is 0.262 e. The Morgan fingerprint density at radius 1 is 0.964 bits per heavy atom. The van der Waals surface area contributed by atoms with Gasteiger partial charge >= 0.3 is 0 Å². The molecule has 0 aliphatic rings. The fourth-order valence-electron chi connectivity index (χ4n) is 2.56. The van der Waals surface area contributed by atoms with E-state index in [1.165, 1.54) is 0 Å². The summed E-state index contributed by atoms with van der Waals surface area (Å²) in [5, 5.41) is 5.49. The van der Waals surface area contributed by atoms with Crippen molar-refractivity contribution in [1.29, 1.82) is 0 Å². The first-order chi connectivity index (χ1) is 13.5. The van der Waals surface area contributed by atoms with Gasteiger partial charge in [0.1, 0.15) is 5.75 Å². The minimum Gasteiger partial charge on any atom is -0.484 e. The molecule has 1 aromatic heterocycles. The molecule has 0 aliphatic heterocycles. The van der Waals surface area contributed by atoms with Crippen LogP contribution < -0.4 is 15.4 Å². The Balaban J connectivity index is 1.64. The summed E-state index contributed by atoms with van der Waals surface area (Å²) in [6.07, 6.45) is 3.18. The molecule has 0 atom stereocenters. The van der Waals surface area contributed by atoms with Crippen molar-refractivity contribution >= 4 is 23.2 Å². The predicted octanol–water partition coefficient (Wildman–Crippen LogP) is 3.97. The number of carbonyl (C=O) groups is 2. The summed E-state index contributed by atoms with van der Waals surface area (Å²) >= 11 is 0. The van der Waals surface area contributed by atoms with Crippen molar-refractivity contribution in [3.63, 3.8) is 0 Å². The molecule has 2 N–H and O–H groups in total. The molecule has 0 bridgehead atoms. The Labute approximate surface area is 163 Å². The van der Waals surface area contributed by atoms with E-state index < -0.39 is 0 Å². The van der Waals surface area contributed by atoms with Crippen molar-refractivity contribution in [2.75, 3.05) is 17.2 Å². The summed E-state index contributed by atoms with van der Waals surface area (Å²) < 4.78 is 5.55. The lowest BCUT2D eigenvalue weighted by Gasteiger charge is -2.12. The molecule has 3 rings (SSSR count). The van der Waals surface area contributed by atoms with Crippen LogP contribution in [-0.2, 0) is 4.79 Å². The van der Waals surface area contributed by atoms with Gasteiger partial charge in [0.05, 0.1) is 23.1 Å². The molecule has 0 spiro atoms. The number of hydrogen-bond donors (Lipinski definition) is 2. The maximum absolute atomic E-state index is 12.5. The van der Waals surface area contributed by atoms with E-state index in [2.05, 4.69) is 15.6 Å². The molecule has 0 unspecified atom stereocenters. The standard InChI is InChI=1S/C22H21N3O3/c1-15-9-10-18(12-16(15)2)28-14-21(26)25-20-8-4-3-7-19(20)22(27)24-17-6-5-11-23-13-17/h3-13H,14H2,1-2H3,(H,24,27)(H,25,26). The van der Waals surface area contributed by atoms with Crippen molar-refractivity contribution < 1.29 is 14.3 Å². The van der Waals surface area contributed by atoms with E-state index in [0.717, 1.165) is 11.1 Å². The van der Waals surface area contributed by atoms with Gasteiger partial charge in [0.15, 0.2) is 6.61 Å². The van der Waals surface area contributed by atoms with Gasteiger partial charge in [-0.05, 0) is 61.4 Å². The van der Waals surface area contributed by atoms with Crippen LogP contribution in [0.15, 0.2) is 67.0 Å². The van der Waals surface area contributed by atoms with E-state index in [1.54, 1.807) is 48.8 Å². The topological polar surface area (TPSA) is 80.3 Å². The van der Waals surface area contributed by atoms with E-state index in [-0.39, 0.29) is 18.4 Å². The zero-order valence-corrected chi connectivity index (χ0v) is 15.7. The van der Waals surface area contributed by atoms with Crippen LogP contribution in [0.4, 0.5) is 11.4 Å². The summed E-state index contributed by atoms with van der Waals surface area (Å²) in [6, 6.07) is 15.9. The molecule has 0 aliphatic carbocycles. The molecule has 0 saturated heterocycles. The summed E-state index contributed by atoms with van der Waals surface area (Å²) in [7, 11) is 0. The molecule has 6 heteroatoms. The van der Waals surface area contributed by atoms with Crippen LogP contribution in [0.5, 0.6) is 5.75 Å². The number of carbonyl (C=O) groups excluding carboxylic acids is 2. The first-order valence-corrected chi connectivity index (χ1v) is 8.83. The predicted molar refractivity (Wildman–Crippen MR) is 109 cm³/mol. The number of nitrogens with zero attached hydrogens (tertiary/aromatic N) is 1. The molecule has 28 heavy (non-hydrogen) atoms. The van der Waals surface area contributed by atoms with Gasteiger partial charge in [-0.3, -0.25) is 14.6 Å². The van der Waals surface area contributed by atoms with E-state index >= 15 is 0 Å². The van der Waals surface area contributed by atoms with Crippen molar-refractivity contribution in [3.05, 3.63) is 83.7 Å². The molecule has 1 heterocycles. The highest BCUT2D eigenvalue weighted by molar-refractivity contribution is 6.10. The second kappa shape index (κ2) is 8.81. The number of aromatic nitrogens is 1. The molecule has 142 valence electrons. The third kappa shape index (κ3) is 4.94. The van der Waals surface area contributed by atoms with E-state index in [0.29, 0.717) is 22.7 Å². The smallest absolute Gasteiger partial charge is 0.262 e. The van der Waals surface area contributed by atoms with Crippen LogP contribution >= 0.6 is 0 Å². The van der Waals surface area contributed by atoms with Crippen LogP contribution in [-0.4, -0.2) is 23.4 Å². The number of hydrogen-bond acceptors (Lipinski definition) is 4. The largest absolute Gasteiger partial charge is 0.484 e. The molecule has 0 radical (unpaired) electrons. The van der Waals surface area contributed by atoms with Gasteiger partial charge in [-0.1, -0.05) is 18.2 Å². The van der Waals surface area contributed by atoms with Gasteiger partial charge in [0.2, 0.25) is 0 Å². The molecule has 2 aromatic carbocycles. The Morgan fingerprint density at radius 3 is 2.54 bits per heavy atom. The number of ether oxygens (including phenoxy) is 1. The van der Waals surface area contributed by atoms with E-state index in [9.17, 15) is 9.59 Å². The van der Waals surface area contributed by atoms with Crippen molar-refractivity contribution in [2.24, 2.45) is 0 Å². The number of amides is 2. The van der Waals surface area contributed by atoms with E-state index in [4.69, 9.17) is 4.74 Å². The molecule has 0 fully saturated rings. The van der Waals surface area contributed by atoms with E-state index in [1.807, 2.05) is 32.0 Å². The summed E-state index contributed by atoms with van der Waals surface area (Å²) in [5.74, 6) is -0.0558. The van der Waals surface area contributed by atoms with Crippen LogP contribution in [0, 0.1) is 13.8 Å². The van der Waals surface area contributed by atoms with Crippen LogP contribution in [0.2, 0.25) is 0 Å². The van der Waals surface area contributed by atoms with Gasteiger partial charge in [-0.2, -0.15) is 0 Å². The van der Waals surface area contributed by atoms with Gasteiger partial charge in [-0.15, -0.1) is 0 Å². The Morgan fingerprint density at radius 2 is 1.79 bits per heavy atom. The Bertz CT molecular complexity index is 987. The van der Waals surface area contributed by atoms with Gasteiger partial charge < -0.3 is 15.4 Å². The molecular weight excluding hydrogens is 354 g/mol. The fourth-order valence-corrected chi connectivity index (χ4v) is 2.56. The van der Waals surface area contributed by atoms with Crippen molar-refractivity contribution in [2.45, 2.75) is 13.8 Å². The SMILES string of the molecule is Cc1ccc(OCC(=O)Nc2ccccc2C(=O)Nc2cccnc2)cc1C. The summed E-state index contributed by atoms with van der Waals surface area (Å²) in [4.78, 5) is 28.8. The van der Waals surface area contributed by atoms with Crippen molar-refractivity contribution in [1.82, 2.24) is 4.98 Å². The number of benzene rings is 2. The lowest BCUT2D eigenvalue weighted by Crippen LogP contribution is -2.22. The third-order valence-electron chi connectivity index (χ3n) is 4.21. The zero-order valence-electron chi connectivity index (χ0n) is 15.7. The first kappa shape index (κ1) is 19.1. The van der Waals surface area contributed by atoms with Gasteiger partial charge in [0, 0.05) is 6.20 Å². The van der Waals surface area contributed by atoms with Crippen LogP contribution in [0.25, 0.3) is 0 Å². The van der Waals surface area contributed by atoms with Gasteiger partial charge in [-0.25, -0.2) is 0 Å². The number of rotatable bonds is 6. The minimum atomic E-state index is -0.347. The average molecular weight is 375 g/mol. The highest BCUT2D eigenvalue weighted by atomic mass is 16.5. The molecule has 2 amide bonds. The van der Waals surface area contributed by atoms with Crippen molar-refractivity contribution in [3.8, 4) is 5.75 Å². The highest BCUT2D eigenvalue weighted by Crippen LogP contribution is 2.18. The third-order valence-corrected chi connectivity index (χ3v) is 4.21. The second-order valence-electron chi connectivity index (χ2n) is 6.32. The summed E-state index contributed by atoms with van der Waals surface area (Å²) in [5.41, 5.74) is 3.59. The van der Waals surface area contributed by atoms with Crippen LogP contribution in [0.3, 0.4) is 0 Å². The number of nitrogens with one attached hydrogen (secondary N) is 2. The summed E-state index contributed by atoms with van der Waals surface area (Å²) in [6.45, 7) is 3.85. The molecular formula is C22H21N3O3. The Hall–Kier alpha value is -3.67. The lowest BCUT2D eigenvalue weighted by atomic mass is 10.1. The average Bonchev–Trinajstić information content (AvgIpc) is 2.70. The number of anilines is 2. The van der Waals surface area contributed by atoms with Crippen LogP contribution in [0.1, 0.15) is 21.5 Å². The quantitative estimate of drug-likeness (QED) is 0.683. The van der Waals surface area contributed by atoms with Gasteiger partial charge in [0.25, 0.3) is 11.8 Å².